The Bertz CT molecular complexity index is 486. The maximum absolute atomic E-state index is 12.8. The van der Waals surface area contributed by atoms with Crippen LogP contribution in [-0.4, -0.2) is 17.6 Å². The van der Waals surface area contributed by atoms with Crippen LogP contribution in [0.1, 0.15) is 35.0 Å². The van der Waals surface area contributed by atoms with Crippen molar-refractivity contribution in [1.82, 2.24) is 4.98 Å². The number of rotatable bonds is 3. The average Bonchev–Trinajstić information content (AvgIpc) is 2.28. The average molecular weight is 305 g/mol. The first kappa shape index (κ1) is 13.5. The lowest BCUT2D eigenvalue weighted by atomic mass is 10.1. The number of carbonyl (C=O) groups is 1. The van der Waals surface area contributed by atoms with Crippen LogP contribution in [0.15, 0.2) is 10.7 Å². The zero-order valence-electron chi connectivity index (χ0n) is 8.71. The van der Waals surface area contributed by atoms with Gasteiger partial charge >= 0.3 is 5.97 Å². The van der Waals surface area contributed by atoms with Crippen molar-refractivity contribution < 1.29 is 18.3 Å². The number of ether oxygens (including phenoxy) is 1. The van der Waals surface area contributed by atoms with Crippen LogP contribution in [0.4, 0.5) is 8.78 Å². The SMILES string of the molecule is CCOC(=O)c1cnc(C#N)c(Br)c1C(F)F. The van der Waals surface area contributed by atoms with E-state index in [0.29, 0.717) is 0 Å². The van der Waals surface area contributed by atoms with E-state index in [1.807, 2.05) is 0 Å². The van der Waals surface area contributed by atoms with Gasteiger partial charge in [-0.15, -0.1) is 0 Å². The Morgan fingerprint density at radius 2 is 2.35 bits per heavy atom. The molecule has 0 saturated carbocycles. The Hall–Kier alpha value is -1.55. The third-order valence-corrected chi connectivity index (χ3v) is 2.68. The summed E-state index contributed by atoms with van der Waals surface area (Å²) in [6.07, 6.45) is -1.98. The summed E-state index contributed by atoms with van der Waals surface area (Å²) in [5.41, 5.74) is -1.11. The first-order valence-corrected chi connectivity index (χ1v) is 5.36. The number of nitriles is 1. The molecule has 0 atom stereocenters. The van der Waals surface area contributed by atoms with Crippen LogP contribution in [0.5, 0.6) is 0 Å². The van der Waals surface area contributed by atoms with Crippen LogP contribution in [0.3, 0.4) is 0 Å². The fraction of sp³-hybridized carbons (Fsp3) is 0.300. The molecule has 1 aromatic rings. The van der Waals surface area contributed by atoms with Crippen molar-refractivity contribution >= 4 is 21.9 Å². The van der Waals surface area contributed by atoms with Gasteiger partial charge in [-0.1, -0.05) is 0 Å². The molecule has 0 fully saturated rings. The smallest absolute Gasteiger partial charge is 0.340 e. The summed E-state index contributed by atoms with van der Waals surface area (Å²) in [6, 6.07) is 1.65. The fourth-order valence-corrected chi connectivity index (χ4v) is 1.74. The Balaban J connectivity index is 3.37. The van der Waals surface area contributed by atoms with E-state index in [4.69, 9.17) is 5.26 Å². The van der Waals surface area contributed by atoms with Crippen molar-refractivity contribution in [2.75, 3.05) is 6.61 Å². The topological polar surface area (TPSA) is 63.0 Å². The minimum atomic E-state index is -2.90. The predicted molar refractivity (Wildman–Crippen MR) is 57.6 cm³/mol. The molecule has 0 unspecified atom stereocenters. The van der Waals surface area contributed by atoms with E-state index in [2.05, 4.69) is 25.7 Å². The van der Waals surface area contributed by atoms with E-state index in [-0.39, 0.29) is 22.3 Å². The molecule has 0 aliphatic rings. The molecule has 0 bridgehead atoms. The van der Waals surface area contributed by atoms with Gasteiger partial charge in [0.1, 0.15) is 6.07 Å². The van der Waals surface area contributed by atoms with E-state index >= 15 is 0 Å². The third kappa shape index (κ3) is 2.77. The van der Waals surface area contributed by atoms with Gasteiger partial charge in [0.25, 0.3) is 6.43 Å². The minimum absolute atomic E-state index is 0.0686. The molecular formula is C10H7BrF2N2O2. The van der Waals surface area contributed by atoms with Crippen molar-refractivity contribution in [3.63, 3.8) is 0 Å². The number of esters is 1. The molecule has 1 rings (SSSR count). The molecule has 1 aromatic heterocycles. The summed E-state index contributed by atoms with van der Waals surface area (Å²) in [5, 5.41) is 8.65. The van der Waals surface area contributed by atoms with E-state index in [1.165, 1.54) is 0 Å². The number of pyridine rings is 1. The van der Waals surface area contributed by atoms with Gasteiger partial charge in [-0.25, -0.2) is 18.6 Å². The normalized spacial score (nSPS) is 10.1. The maximum atomic E-state index is 12.8. The molecule has 0 saturated heterocycles. The summed E-state index contributed by atoms with van der Waals surface area (Å²) < 4.78 is 30.1. The van der Waals surface area contributed by atoms with Crippen LogP contribution in [0.25, 0.3) is 0 Å². The Kier molecular flexibility index (Phi) is 4.52. The van der Waals surface area contributed by atoms with Gasteiger partial charge in [0.05, 0.1) is 22.2 Å². The lowest BCUT2D eigenvalue weighted by Gasteiger charge is -2.10. The van der Waals surface area contributed by atoms with E-state index in [0.717, 1.165) is 6.20 Å². The Morgan fingerprint density at radius 3 is 2.82 bits per heavy atom. The highest BCUT2D eigenvalue weighted by Gasteiger charge is 2.25. The van der Waals surface area contributed by atoms with Crippen molar-refractivity contribution in [3.05, 3.63) is 27.5 Å². The van der Waals surface area contributed by atoms with Crippen LogP contribution >= 0.6 is 15.9 Å². The molecular weight excluding hydrogens is 298 g/mol. The van der Waals surface area contributed by atoms with Crippen LogP contribution in [0.2, 0.25) is 0 Å². The maximum Gasteiger partial charge on any atom is 0.340 e. The molecule has 90 valence electrons. The monoisotopic (exact) mass is 304 g/mol. The number of nitrogens with zero attached hydrogens (tertiary/aromatic N) is 2. The van der Waals surface area contributed by atoms with Gasteiger partial charge in [-0.05, 0) is 22.9 Å². The molecule has 7 heteroatoms. The quantitative estimate of drug-likeness (QED) is 0.806. The second-order valence-corrected chi connectivity index (χ2v) is 3.67. The molecule has 0 aliphatic carbocycles. The summed E-state index contributed by atoms with van der Waals surface area (Å²) >= 11 is 2.84. The highest BCUT2D eigenvalue weighted by atomic mass is 79.9. The van der Waals surface area contributed by atoms with E-state index < -0.39 is 18.0 Å². The van der Waals surface area contributed by atoms with Gasteiger partial charge in [0.15, 0.2) is 5.69 Å². The lowest BCUT2D eigenvalue weighted by molar-refractivity contribution is 0.0514. The number of alkyl halides is 2. The van der Waals surface area contributed by atoms with Crippen LogP contribution in [0, 0.1) is 11.3 Å². The predicted octanol–water partition coefficient (Wildman–Crippen LogP) is 2.83. The van der Waals surface area contributed by atoms with Crippen molar-refractivity contribution in [2.45, 2.75) is 13.3 Å². The zero-order chi connectivity index (χ0) is 13.0. The summed E-state index contributed by atoms with van der Waals surface area (Å²) in [4.78, 5) is 15.0. The number of aromatic nitrogens is 1. The molecule has 1 heterocycles. The van der Waals surface area contributed by atoms with E-state index in [9.17, 15) is 13.6 Å². The van der Waals surface area contributed by atoms with Gasteiger partial charge in [-0.2, -0.15) is 5.26 Å². The Labute approximate surface area is 104 Å². The van der Waals surface area contributed by atoms with E-state index in [1.54, 1.807) is 13.0 Å². The number of hydrogen-bond donors (Lipinski definition) is 0. The number of hydrogen-bond acceptors (Lipinski definition) is 4. The van der Waals surface area contributed by atoms with Crippen LogP contribution < -0.4 is 0 Å². The second kappa shape index (κ2) is 5.68. The van der Waals surface area contributed by atoms with Crippen molar-refractivity contribution in [2.24, 2.45) is 0 Å². The standard InChI is InChI=1S/C10H7BrF2N2O2/c1-2-17-10(16)5-4-15-6(3-14)8(11)7(5)9(12)13/h4,9H,2H2,1H3. The molecule has 0 N–H and O–H groups in total. The molecule has 0 aromatic carbocycles. The minimum Gasteiger partial charge on any atom is -0.462 e. The molecule has 0 amide bonds. The fourth-order valence-electron chi connectivity index (χ4n) is 1.16. The first-order chi connectivity index (χ1) is 8.02. The molecule has 17 heavy (non-hydrogen) atoms. The van der Waals surface area contributed by atoms with Gasteiger partial charge in [-0.3, -0.25) is 0 Å². The Morgan fingerprint density at radius 1 is 1.71 bits per heavy atom. The first-order valence-electron chi connectivity index (χ1n) is 4.56. The largest absolute Gasteiger partial charge is 0.462 e. The summed E-state index contributed by atoms with van der Waals surface area (Å²) in [6.45, 7) is 1.63. The number of carbonyl (C=O) groups excluding carboxylic acids is 1. The van der Waals surface area contributed by atoms with Gasteiger partial charge in [0, 0.05) is 6.20 Å². The van der Waals surface area contributed by atoms with Gasteiger partial charge < -0.3 is 4.74 Å². The highest BCUT2D eigenvalue weighted by Crippen LogP contribution is 2.32. The lowest BCUT2D eigenvalue weighted by Crippen LogP contribution is -2.11. The highest BCUT2D eigenvalue weighted by molar-refractivity contribution is 9.10. The molecule has 0 radical (unpaired) electrons. The van der Waals surface area contributed by atoms with Crippen molar-refractivity contribution in [1.29, 1.82) is 5.26 Å². The summed E-state index contributed by atoms with van der Waals surface area (Å²) in [7, 11) is 0. The van der Waals surface area contributed by atoms with Crippen molar-refractivity contribution in [3.8, 4) is 6.07 Å². The summed E-state index contributed by atoms with van der Waals surface area (Å²) in [5.74, 6) is -0.888. The van der Waals surface area contributed by atoms with Gasteiger partial charge in [0.2, 0.25) is 0 Å². The third-order valence-electron chi connectivity index (χ3n) is 1.88. The molecule has 0 aliphatic heterocycles. The second-order valence-electron chi connectivity index (χ2n) is 2.88. The van der Waals surface area contributed by atoms with Crippen LogP contribution in [-0.2, 0) is 4.74 Å². The zero-order valence-corrected chi connectivity index (χ0v) is 10.3. The number of halogens is 3. The molecule has 0 spiro atoms. The molecule has 4 nitrogen and oxygen atoms in total.